The van der Waals surface area contributed by atoms with Crippen LogP contribution in [0.25, 0.3) is 0 Å². The number of cyclic esters (lactones) is 1. The summed E-state index contributed by atoms with van der Waals surface area (Å²) >= 11 is 0. The third-order valence-corrected chi connectivity index (χ3v) is 6.79. The highest BCUT2D eigenvalue weighted by molar-refractivity contribution is 5.75. The van der Waals surface area contributed by atoms with E-state index in [1.165, 1.54) is 44.9 Å². The Morgan fingerprint density at radius 3 is 2.44 bits per heavy atom. The van der Waals surface area contributed by atoms with Crippen LogP contribution >= 0.6 is 0 Å². The van der Waals surface area contributed by atoms with Crippen molar-refractivity contribution < 1.29 is 33.6 Å². The first-order valence-corrected chi connectivity index (χ1v) is 12.9. The molecule has 0 aromatic carbocycles. The van der Waals surface area contributed by atoms with Gasteiger partial charge in [-0.15, -0.1) is 0 Å². The molecule has 5 atom stereocenters. The van der Waals surface area contributed by atoms with Gasteiger partial charge in [0.05, 0.1) is 18.6 Å². The standard InChI is InChI=1S/C25H44O7/c1-25(2)30-18-21(32-25)23(26)20-17-19(31-24(20)27)13-9-7-5-3-4-6-8-11-15-28-22-14-10-12-16-29-22/h19-23,26H,3-18H2,1-2H3/t19-,20?,21+,22?,23?/m1/s1. The van der Waals surface area contributed by atoms with Crippen molar-refractivity contribution in [1.29, 1.82) is 0 Å². The molecule has 0 aliphatic carbocycles. The van der Waals surface area contributed by atoms with Gasteiger partial charge in [-0.25, -0.2) is 0 Å². The van der Waals surface area contributed by atoms with Crippen LogP contribution < -0.4 is 0 Å². The summed E-state index contributed by atoms with van der Waals surface area (Å²) in [4.78, 5) is 12.2. The predicted octanol–water partition coefficient (Wildman–Crippen LogP) is 4.48. The van der Waals surface area contributed by atoms with Gasteiger partial charge < -0.3 is 28.8 Å². The average molecular weight is 457 g/mol. The maximum absolute atomic E-state index is 12.2. The van der Waals surface area contributed by atoms with Crippen molar-refractivity contribution in [2.75, 3.05) is 19.8 Å². The molecule has 3 unspecified atom stereocenters. The summed E-state index contributed by atoms with van der Waals surface area (Å²) in [5, 5.41) is 10.6. The minimum absolute atomic E-state index is 0.0404. The van der Waals surface area contributed by atoms with E-state index in [4.69, 9.17) is 23.7 Å². The van der Waals surface area contributed by atoms with Crippen molar-refractivity contribution in [2.24, 2.45) is 5.92 Å². The fourth-order valence-electron chi connectivity index (χ4n) is 4.87. The number of esters is 1. The van der Waals surface area contributed by atoms with Crippen LogP contribution in [-0.2, 0) is 28.5 Å². The molecule has 3 saturated heterocycles. The van der Waals surface area contributed by atoms with E-state index < -0.39 is 23.9 Å². The molecule has 3 aliphatic heterocycles. The first-order valence-electron chi connectivity index (χ1n) is 12.9. The van der Waals surface area contributed by atoms with Crippen molar-refractivity contribution in [3.8, 4) is 0 Å². The van der Waals surface area contributed by atoms with Gasteiger partial charge >= 0.3 is 5.97 Å². The zero-order chi connectivity index (χ0) is 22.8. The largest absolute Gasteiger partial charge is 0.462 e. The first kappa shape index (κ1) is 25.9. The Morgan fingerprint density at radius 2 is 1.78 bits per heavy atom. The quantitative estimate of drug-likeness (QED) is 0.305. The van der Waals surface area contributed by atoms with Crippen molar-refractivity contribution in [1.82, 2.24) is 0 Å². The summed E-state index contributed by atoms with van der Waals surface area (Å²) in [6.45, 7) is 5.61. The Kier molecular flexibility index (Phi) is 10.7. The fraction of sp³-hybridized carbons (Fsp3) is 0.960. The summed E-state index contributed by atoms with van der Waals surface area (Å²) in [6.07, 6.45) is 13.1. The summed E-state index contributed by atoms with van der Waals surface area (Å²) < 4.78 is 28.1. The van der Waals surface area contributed by atoms with Gasteiger partial charge in [-0.2, -0.15) is 0 Å². The van der Waals surface area contributed by atoms with Crippen molar-refractivity contribution in [3.63, 3.8) is 0 Å². The number of unbranched alkanes of at least 4 members (excludes halogenated alkanes) is 7. The second-order valence-corrected chi connectivity index (χ2v) is 10.0. The van der Waals surface area contributed by atoms with Gasteiger partial charge in [-0.05, 0) is 52.4 Å². The van der Waals surface area contributed by atoms with Crippen LogP contribution in [0.15, 0.2) is 0 Å². The highest BCUT2D eigenvalue weighted by Gasteiger charge is 2.46. The summed E-state index contributed by atoms with van der Waals surface area (Å²) in [5.41, 5.74) is 0. The predicted molar refractivity (Wildman–Crippen MR) is 120 cm³/mol. The minimum Gasteiger partial charge on any atom is -0.462 e. The normalized spacial score (nSPS) is 31.0. The van der Waals surface area contributed by atoms with E-state index in [2.05, 4.69) is 0 Å². The lowest BCUT2D eigenvalue weighted by atomic mass is 9.93. The number of rotatable bonds is 14. The van der Waals surface area contributed by atoms with Gasteiger partial charge in [0.1, 0.15) is 12.2 Å². The van der Waals surface area contributed by atoms with Gasteiger partial charge in [-0.3, -0.25) is 4.79 Å². The second kappa shape index (κ2) is 13.2. The Labute approximate surface area is 193 Å². The fourth-order valence-corrected chi connectivity index (χ4v) is 4.87. The van der Waals surface area contributed by atoms with E-state index in [1.807, 2.05) is 13.8 Å². The Hall–Kier alpha value is -0.730. The number of carbonyl (C=O) groups excluding carboxylic acids is 1. The van der Waals surface area contributed by atoms with Gasteiger partial charge in [-0.1, -0.05) is 38.5 Å². The van der Waals surface area contributed by atoms with Crippen molar-refractivity contribution in [3.05, 3.63) is 0 Å². The summed E-state index contributed by atoms with van der Waals surface area (Å²) in [6, 6.07) is 0. The number of hydrogen-bond acceptors (Lipinski definition) is 7. The molecule has 3 aliphatic rings. The highest BCUT2D eigenvalue weighted by atomic mass is 16.7. The van der Waals surface area contributed by atoms with Gasteiger partial charge in [0.2, 0.25) is 0 Å². The van der Waals surface area contributed by atoms with Crippen molar-refractivity contribution >= 4 is 5.97 Å². The molecule has 0 saturated carbocycles. The molecule has 0 radical (unpaired) electrons. The molecular weight excluding hydrogens is 412 g/mol. The second-order valence-electron chi connectivity index (χ2n) is 10.0. The highest BCUT2D eigenvalue weighted by Crippen LogP contribution is 2.33. The summed E-state index contributed by atoms with van der Waals surface area (Å²) in [5.74, 6) is -1.50. The maximum Gasteiger partial charge on any atom is 0.312 e. The van der Waals surface area contributed by atoms with Crippen LogP contribution in [0.3, 0.4) is 0 Å². The van der Waals surface area contributed by atoms with E-state index in [-0.39, 0.29) is 18.4 Å². The molecule has 0 bridgehead atoms. The van der Waals surface area contributed by atoms with Gasteiger partial charge in [0.15, 0.2) is 12.1 Å². The van der Waals surface area contributed by atoms with Crippen LogP contribution in [0.1, 0.15) is 97.3 Å². The molecule has 1 N–H and O–H groups in total. The van der Waals surface area contributed by atoms with E-state index in [0.717, 1.165) is 45.3 Å². The third-order valence-electron chi connectivity index (χ3n) is 6.79. The molecule has 0 spiro atoms. The minimum atomic E-state index is -0.866. The molecule has 186 valence electrons. The van der Waals surface area contributed by atoms with Crippen molar-refractivity contribution in [2.45, 2.75) is 128 Å². The lowest BCUT2D eigenvalue weighted by Gasteiger charge is -2.22. The SMILES string of the molecule is CC1(C)OC[C@@H](C(O)C2C[C@@H](CCCCCCCCCCOC3CCCCO3)OC2=O)O1. The molecule has 7 nitrogen and oxygen atoms in total. The van der Waals surface area contributed by atoms with E-state index in [9.17, 15) is 9.90 Å². The molecular formula is C25H44O7. The maximum atomic E-state index is 12.2. The monoisotopic (exact) mass is 456 g/mol. The molecule has 3 rings (SSSR count). The number of aliphatic hydroxyl groups excluding tert-OH is 1. The molecule has 0 aromatic heterocycles. The van der Waals surface area contributed by atoms with Crippen LogP contribution in [0.4, 0.5) is 0 Å². The Bertz CT molecular complexity index is 546. The lowest BCUT2D eigenvalue weighted by Crippen LogP contribution is -2.38. The smallest absolute Gasteiger partial charge is 0.312 e. The zero-order valence-corrected chi connectivity index (χ0v) is 20.1. The number of aliphatic hydroxyl groups is 1. The molecule has 32 heavy (non-hydrogen) atoms. The lowest BCUT2D eigenvalue weighted by molar-refractivity contribution is -0.162. The van der Waals surface area contributed by atoms with Crippen LogP contribution in [0.5, 0.6) is 0 Å². The van der Waals surface area contributed by atoms with Crippen LogP contribution in [-0.4, -0.2) is 61.3 Å². The van der Waals surface area contributed by atoms with E-state index in [0.29, 0.717) is 13.0 Å². The first-order chi connectivity index (χ1) is 15.4. The molecule has 0 amide bonds. The average Bonchev–Trinajstić information content (AvgIpc) is 3.33. The number of carbonyl (C=O) groups is 1. The van der Waals surface area contributed by atoms with E-state index in [1.54, 1.807) is 0 Å². The van der Waals surface area contributed by atoms with Gasteiger partial charge in [0.25, 0.3) is 0 Å². The summed E-state index contributed by atoms with van der Waals surface area (Å²) in [7, 11) is 0. The Balaban J connectivity index is 1.14. The molecule has 3 heterocycles. The number of hydrogen-bond donors (Lipinski definition) is 1. The van der Waals surface area contributed by atoms with Crippen LogP contribution in [0, 0.1) is 5.92 Å². The Morgan fingerprint density at radius 1 is 1.06 bits per heavy atom. The number of ether oxygens (including phenoxy) is 5. The zero-order valence-electron chi connectivity index (χ0n) is 20.1. The van der Waals surface area contributed by atoms with E-state index >= 15 is 0 Å². The molecule has 0 aromatic rings. The third kappa shape index (κ3) is 8.56. The van der Waals surface area contributed by atoms with Gasteiger partial charge in [0, 0.05) is 19.6 Å². The topological polar surface area (TPSA) is 83.5 Å². The molecule has 3 fully saturated rings. The van der Waals surface area contributed by atoms with Crippen LogP contribution in [0.2, 0.25) is 0 Å². The molecule has 7 heteroatoms.